The third kappa shape index (κ3) is 2.17. The lowest BCUT2D eigenvalue weighted by Crippen LogP contribution is -2.35. The molecular formula is C13H22ClN3. The van der Waals surface area contributed by atoms with Crippen LogP contribution in [0.1, 0.15) is 37.9 Å². The molecule has 1 atom stereocenters. The van der Waals surface area contributed by atoms with Gasteiger partial charge in [0.25, 0.3) is 0 Å². The predicted molar refractivity (Wildman–Crippen MR) is 72.7 cm³/mol. The van der Waals surface area contributed by atoms with E-state index >= 15 is 0 Å². The maximum Gasteiger partial charge on any atom is 0.131 e. The number of aryl methyl sites for hydroxylation is 2. The summed E-state index contributed by atoms with van der Waals surface area (Å²) in [5.41, 5.74) is 2.26. The quantitative estimate of drug-likeness (QED) is 0.774. The summed E-state index contributed by atoms with van der Waals surface area (Å²) in [5.74, 6) is 2.46. The molecule has 1 fully saturated rings. The second-order valence-corrected chi connectivity index (χ2v) is 5.56. The van der Waals surface area contributed by atoms with Crippen molar-refractivity contribution >= 4 is 17.4 Å². The lowest BCUT2D eigenvalue weighted by molar-refractivity contribution is 0.484. The van der Waals surface area contributed by atoms with Crippen LogP contribution >= 0.6 is 11.6 Å². The molecule has 1 saturated heterocycles. The summed E-state index contributed by atoms with van der Waals surface area (Å²) >= 11 is 6.08. The van der Waals surface area contributed by atoms with Crippen molar-refractivity contribution in [3.05, 3.63) is 11.3 Å². The van der Waals surface area contributed by atoms with Crippen LogP contribution in [0, 0.1) is 12.8 Å². The van der Waals surface area contributed by atoms with Crippen molar-refractivity contribution < 1.29 is 0 Å². The Morgan fingerprint density at radius 3 is 2.76 bits per heavy atom. The van der Waals surface area contributed by atoms with Gasteiger partial charge in [0.15, 0.2) is 0 Å². The van der Waals surface area contributed by atoms with E-state index < -0.39 is 0 Å². The van der Waals surface area contributed by atoms with E-state index in [0.29, 0.717) is 17.8 Å². The van der Waals surface area contributed by atoms with E-state index in [-0.39, 0.29) is 0 Å². The number of hydrogen-bond acceptors (Lipinski definition) is 2. The van der Waals surface area contributed by atoms with E-state index in [1.54, 1.807) is 0 Å². The first-order valence-electron chi connectivity index (χ1n) is 6.41. The van der Waals surface area contributed by atoms with E-state index in [4.69, 9.17) is 11.6 Å². The zero-order valence-corrected chi connectivity index (χ0v) is 12.0. The highest BCUT2D eigenvalue weighted by atomic mass is 35.5. The molecule has 96 valence electrons. The average Bonchev–Trinajstić information content (AvgIpc) is 2.81. The second-order valence-electron chi connectivity index (χ2n) is 5.29. The van der Waals surface area contributed by atoms with Crippen molar-refractivity contribution in [3.63, 3.8) is 0 Å². The number of hydrogen-bond donors (Lipinski definition) is 0. The standard InChI is InChI=1S/C13H22ClN3/c1-9(2)12-6-5-7-17(12)13-11(8-14)10(3)15-16(13)4/h9,12H,5-8H2,1-4H3. The third-order valence-electron chi connectivity index (χ3n) is 3.79. The van der Waals surface area contributed by atoms with E-state index in [1.165, 1.54) is 24.2 Å². The van der Waals surface area contributed by atoms with Gasteiger partial charge in [0.2, 0.25) is 0 Å². The summed E-state index contributed by atoms with van der Waals surface area (Å²) in [5, 5.41) is 4.51. The molecule has 0 aromatic carbocycles. The molecule has 1 aliphatic rings. The van der Waals surface area contributed by atoms with Gasteiger partial charge in [0.05, 0.1) is 11.6 Å². The molecule has 0 spiro atoms. The topological polar surface area (TPSA) is 21.1 Å². The van der Waals surface area contributed by atoms with Crippen molar-refractivity contribution in [1.82, 2.24) is 9.78 Å². The Morgan fingerprint density at radius 1 is 1.47 bits per heavy atom. The van der Waals surface area contributed by atoms with Crippen molar-refractivity contribution in [2.45, 2.75) is 45.5 Å². The van der Waals surface area contributed by atoms with Crippen LogP contribution in [0.3, 0.4) is 0 Å². The van der Waals surface area contributed by atoms with E-state index in [0.717, 1.165) is 12.2 Å². The van der Waals surface area contributed by atoms with Gasteiger partial charge in [-0.1, -0.05) is 13.8 Å². The predicted octanol–water partition coefficient (Wildman–Crippen LogP) is 3.09. The van der Waals surface area contributed by atoms with E-state index in [1.807, 2.05) is 18.7 Å². The summed E-state index contributed by atoms with van der Waals surface area (Å²) in [4.78, 5) is 2.50. The number of aromatic nitrogens is 2. The molecule has 1 aliphatic heterocycles. The van der Waals surface area contributed by atoms with Crippen molar-refractivity contribution in [1.29, 1.82) is 0 Å². The molecule has 2 rings (SSSR count). The maximum atomic E-state index is 6.08. The molecule has 2 heterocycles. The van der Waals surface area contributed by atoms with Crippen LogP contribution in [0.15, 0.2) is 0 Å². The molecule has 1 aromatic rings. The lowest BCUT2D eigenvalue weighted by Gasteiger charge is -2.30. The fourth-order valence-electron chi connectivity index (χ4n) is 2.95. The molecule has 3 nitrogen and oxygen atoms in total. The molecule has 0 bridgehead atoms. The Morgan fingerprint density at radius 2 is 2.18 bits per heavy atom. The number of anilines is 1. The third-order valence-corrected chi connectivity index (χ3v) is 4.05. The molecular weight excluding hydrogens is 234 g/mol. The van der Waals surface area contributed by atoms with Gasteiger partial charge in [0.1, 0.15) is 5.82 Å². The highest BCUT2D eigenvalue weighted by Crippen LogP contribution is 2.33. The second kappa shape index (κ2) is 4.89. The molecule has 0 radical (unpaired) electrons. The zero-order valence-electron chi connectivity index (χ0n) is 11.2. The first kappa shape index (κ1) is 12.7. The summed E-state index contributed by atoms with van der Waals surface area (Å²) in [6, 6.07) is 0.631. The molecule has 4 heteroatoms. The monoisotopic (exact) mass is 255 g/mol. The zero-order chi connectivity index (χ0) is 12.6. The number of alkyl halides is 1. The SMILES string of the molecule is Cc1nn(C)c(N2CCCC2C(C)C)c1CCl. The Bertz CT molecular complexity index is 398. The van der Waals surface area contributed by atoms with Gasteiger partial charge in [-0.2, -0.15) is 5.10 Å². The van der Waals surface area contributed by atoms with Crippen LogP contribution in [0.4, 0.5) is 5.82 Å². The Labute approximate surface area is 109 Å². The van der Waals surface area contributed by atoms with Crippen LogP contribution < -0.4 is 4.90 Å². The molecule has 0 saturated carbocycles. The first-order valence-corrected chi connectivity index (χ1v) is 6.94. The largest absolute Gasteiger partial charge is 0.353 e. The van der Waals surface area contributed by atoms with Gasteiger partial charge in [-0.25, -0.2) is 0 Å². The molecule has 0 aliphatic carbocycles. The Kier molecular flexibility index (Phi) is 3.67. The van der Waals surface area contributed by atoms with Gasteiger partial charge >= 0.3 is 0 Å². The minimum absolute atomic E-state index is 0.552. The van der Waals surface area contributed by atoms with E-state index in [9.17, 15) is 0 Å². The van der Waals surface area contributed by atoms with Gasteiger partial charge in [-0.3, -0.25) is 4.68 Å². The van der Waals surface area contributed by atoms with Crippen molar-refractivity contribution in [3.8, 4) is 0 Å². The Balaban J connectivity index is 2.39. The summed E-state index contributed by atoms with van der Waals surface area (Å²) in [6.45, 7) is 7.77. The van der Waals surface area contributed by atoms with Crippen LogP contribution in [-0.2, 0) is 12.9 Å². The molecule has 1 unspecified atom stereocenters. The smallest absolute Gasteiger partial charge is 0.131 e. The van der Waals surface area contributed by atoms with Crippen LogP contribution in [0.2, 0.25) is 0 Å². The minimum Gasteiger partial charge on any atom is -0.353 e. The van der Waals surface area contributed by atoms with Crippen LogP contribution in [0.5, 0.6) is 0 Å². The fraction of sp³-hybridized carbons (Fsp3) is 0.769. The first-order chi connectivity index (χ1) is 8.06. The molecule has 0 N–H and O–H groups in total. The molecule has 0 amide bonds. The number of halogens is 1. The van der Waals surface area contributed by atoms with Crippen molar-refractivity contribution in [2.75, 3.05) is 11.4 Å². The number of nitrogens with zero attached hydrogens (tertiary/aromatic N) is 3. The fourth-order valence-corrected chi connectivity index (χ4v) is 3.27. The normalized spacial score (nSPS) is 20.6. The maximum absolute atomic E-state index is 6.08. The lowest BCUT2D eigenvalue weighted by atomic mass is 10.0. The average molecular weight is 256 g/mol. The highest BCUT2D eigenvalue weighted by molar-refractivity contribution is 6.17. The highest BCUT2D eigenvalue weighted by Gasteiger charge is 2.31. The van der Waals surface area contributed by atoms with Gasteiger partial charge in [-0.05, 0) is 25.7 Å². The van der Waals surface area contributed by atoms with Crippen LogP contribution in [-0.4, -0.2) is 22.4 Å². The van der Waals surface area contributed by atoms with Gasteiger partial charge in [-0.15, -0.1) is 11.6 Å². The number of rotatable bonds is 3. The van der Waals surface area contributed by atoms with Gasteiger partial charge < -0.3 is 4.90 Å². The summed E-state index contributed by atoms with van der Waals surface area (Å²) in [6.07, 6.45) is 2.55. The molecule has 17 heavy (non-hydrogen) atoms. The summed E-state index contributed by atoms with van der Waals surface area (Å²) < 4.78 is 1.99. The Hall–Kier alpha value is -0.700. The van der Waals surface area contributed by atoms with Gasteiger partial charge in [0, 0.05) is 25.2 Å². The van der Waals surface area contributed by atoms with Crippen molar-refractivity contribution in [2.24, 2.45) is 13.0 Å². The molecule has 1 aromatic heterocycles. The van der Waals surface area contributed by atoms with Crippen LogP contribution in [0.25, 0.3) is 0 Å². The summed E-state index contributed by atoms with van der Waals surface area (Å²) in [7, 11) is 2.02. The minimum atomic E-state index is 0.552. The van der Waals surface area contributed by atoms with E-state index in [2.05, 4.69) is 23.8 Å².